The Hall–Kier alpha value is -3.42. The highest BCUT2D eigenvalue weighted by Gasteiger charge is 2.34. The van der Waals surface area contributed by atoms with Crippen LogP contribution in [0.4, 0.5) is 22.0 Å². The molecule has 0 atom stereocenters. The molecule has 5 rings (SSSR count). The van der Waals surface area contributed by atoms with Crippen molar-refractivity contribution < 1.29 is 22.0 Å². The summed E-state index contributed by atoms with van der Waals surface area (Å²) in [5.74, 6) is -1.04. The van der Waals surface area contributed by atoms with Crippen molar-refractivity contribution in [3.05, 3.63) is 123 Å². The quantitative estimate of drug-likeness (QED) is 0.201. The second-order valence-corrected chi connectivity index (χ2v) is 9.40. The van der Waals surface area contributed by atoms with Gasteiger partial charge in [0.25, 0.3) is 0 Å². The van der Waals surface area contributed by atoms with Gasteiger partial charge in [-0.25, -0.2) is 8.78 Å². The summed E-state index contributed by atoms with van der Waals surface area (Å²) in [5.41, 5.74) is 1.61. The molecule has 2 nitrogen and oxygen atoms in total. The first-order valence-corrected chi connectivity index (χ1v) is 11.9. The Morgan fingerprint density at radius 2 is 1.57 bits per heavy atom. The molecule has 4 aromatic carbocycles. The summed E-state index contributed by atoms with van der Waals surface area (Å²) in [4.78, 5) is 0. The normalized spacial score (nSPS) is 11.9. The van der Waals surface area contributed by atoms with Gasteiger partial charge in [0, 0.05) is 26.6 Å². The number of aromatic nitrogens is 2. The lowest BCUT2D eigenvalue weighted by atomic mass is 9.99. The van der Waals surface area contributed by atoms with E-state index in [2.05, 4.69) is 5.10 Å². The Labute approximate surface area is 218 Å². The van der Waals surface area contributed by atoms with E-state index in [9.17, 15) is 22.0 Å². The fraction of sp³-hybridized carbons (Fsp3) is 0.107. The van der Waals surface area contributed by atoms with Crippen LogP contribution in [-0.2, 0) is 19.1 Å². The first kappa shape index (κ1) is 25.2. The minimum atomic E-state index is -4.62. The maximum Gasteiger partial charge on any atom is 0.418 e. The Kier molecular flexibility index (Phi) is 6.68. The molecule has 188 valence electrons. The molecule has 9 heteroatoms. The van der Waals surface area contributed by atoms with E-state index >= 15 is 0 Å². The summed E-state index contributed by atoms with van der Waals surface area (Å²) in [5, 5.41) is 5.04. The number of hydrogen-bond acceptors (Lipinski definition) is 1. The SMILES string of the molecule is Fc1ccc(Cc2cccc(-c3c4cccc(C(F)(F)F)c4nn3Cc3ccc(Cl)cc3F)c2)c(Cl)c1. The Morgan fingerprint density at radius 1 is 0.811 bits per heavy atom. The summed E-state index contributed by atoms with van der Waals surface area (Å²) in [6, 6.07) is 19.3. The highest BCUT2D eigenvalue weighted by Crippen LogP contribution is 2.38. The van der Waals surface area contributed by atoms with Crippen LogP contribution in [0.1, 0.15) is 22.3 Å². The summed E-state index contributed by atoms with van der Waals surface area (Å²) in [6.45, 7) is -0.113. The Morgan fingerprint density at radius 3 is 2.30 bits per heavy atom. The van der Waals surface area contributed by atoms with E-state index in [4.69, 9.17) is 23.2 Å². The molecule has 0 spiro atoms. The van der Waals surface area contributed by atoms with Crippen molar-refractivity contribution in [1.82, 2.24) is 9.78 Å². The Balaban J connectivity index is 1.66. The van der Waals surface area contributed by atoms with Crippen LogP contribution in [0.3, 0.4) is 0 Å². The molecule has 0 saturated carbocycles. The van der Waals surface area contributed by atoms with E-state index in [0.717, 1.165) is 17.7 Å². The van der Waals surface area contributed by atoms with Gasteiger partial charge in [0.05, 0.1) is 17.8 Å². The standard InChI is InChI=1S/C28H17Cl2F5N2/c29-20-9-7-19(25(32)13-20)15-37-27(22-5-2-6-23(26(22)36-37)28(33,34)35)18-4-1-3-16(12-18)11-17-8-10-21(31)14-24(17)30/h1-10,12-14H,11,15H2. The summed E-state index contributed by atoms with van der Waals surface area (Å²) in [6.07, 6.45) is -4.25. The van der Waals surface area contributed by atoms with Crippen molar-refractivity contribution in [2.24, 2.45) is 0 Å². The molecule has 1 aromatic heterocycles. The molecule has 37 heavy (non-hydrogen) atoms. The summed E-state index contributed by atoms with van der Waals surface area (Å²) in [7, 11) is 0. The zero-order valence-electron chi connectivity index (χ0n) is 19.0. The van der Waals surface area contributed by atoms with Crippen molar-refractivity contribution in [3.8, 4) is 11.3 Å². The number of rotatable bonds is 5. The predicted molar refractivity (Wildman–Crippen MR) is 135 cm³/mol. The van der Waals surface area contributed by atoms with Crippen molar-refractivity contribution in [1.29, 1.82) is 0 Å². The average Bonchev–Trinajstić information content (AvgIpc) is 3.20. The third kappa shape index (κ3) is 5.20. The van der Waals surface area contributed by atoms with Crippen LogP contribution in [0.15, 0.2) is 78.9 Å². The number of halogens is 7. The van der Waals surface area contributed by atoms with Gasteiger partial charge in [-0.2, -0.15) is 18.3 Å². The van der Waals surface area contributed by atoms with Crippen LogP contribution < -0.4 is 0 Å². The van der Waals surface area contributed by atoms with Gasteiger partial charge in [-0.05, 0) is 53.9 Å². The molecule has 0 aliphatic carbocycles. The molecule has 0 fully saturated rings. The molecule has 0 amide bonds. The van der Waals surface area contributed by atoms with Crippen molar-refractivity contribution >= 4 is 34.1 Å². The van der Waals surface area contributed by atoms with Gasteiger partial charge in [0.15, 0.2) is 0 Å². The fourth-order valence-corrected chi connectivity index (χ4v) is 4.72. The second kappa shape index (κ2) is 9.80. The van der Waals surface area contributed by atoms with Crippen LogP contribution in [-0.4, -0.2) is 9.78 Å². The third-order valence-corrected chi connectivity index (χ3v) is 6.61. The number of nitrogens with zero attached hydrogens (tertiary/aromatic N) is 2. The zero-order valence-corrected chi connectivity index (χ0v) is 20.5. The number of fused-ring (bicyclic) bond motifs is 1. The van der Waals surface area contributed by atoms with Gasteiger partial charge in [0.1, 0.15) is 17.2 Å². The maximum absolute atomic E-state index is 14.6. The van der Waals surface area contributed by atoms with Crippen LogP contribution in [0, 0.1) is 11.6 Å². The first-order chi connectivity index (χ1) is 17.6. The molecule has 0 bridgehead atoms. The number of hydrogen-bond donors (Lipinski definition) is 0. The summed E-state index contributed by atoms with van der Waals surface area (Å²) < 4.78 is 70.9. The summed E-state index contributed by atoms with van der Waals surface area (Å²) >= 11 is 12.1. The molecule has 0 saturated heterocycles. The largest absolute Gasteiger partial charge is 0.418 e. The van der Waals surface area contributed by atoms with E-state index < -0.39 is 23.4 Å². The molecular formula is C28H17Cl2F5N2. The van der Waals surface area contributed by atoms with Crippen LogP contribution in [0.25, 0.3) is 22.2 Å². The van der Waals surface area contributed by atoms with Crippen molar-refractivity contribution in [2.45, 2.75) is 19.1 Å². The van der Waals surface area contributed by atoms with Crippen LogP contribution in [0.5, 0.6) is 0 Å². The molecule has 5 aromatic rings. The number of benzene rings is 4. The monoisotopic (exact) mass is 546 g/mol. The van der Waals surface area contributed by atoms with Crippen molar-refractivity contribution in [3.63, 3.8) is 0 Å². The molecule has 0 N–H and O–H groups in total. The van der Waals surface area contributed by atoms with Gasteiger partial charge in [-0.1, -0.05) is 65.7 Å². The van der Waals surface area contributed by atoms with Crippen LogP contribution in [0.2, 0.25) is 10.0 Å². The second-order valence-electron chi connectivity index (χ2n) is 8.55. The van der Waals surface area contributed by atoms with Gasteiger partial charge in [-0.3, -0.25) is 4.68 Å². The third-order valence-electron chi connectivity index (χ3n) is 6.02. The van der Waals surface area contributed by atoms with E-state index in [1.165, 1.54) is 35.0 Å². The topological polar surface area (TPSA) is 17.8 Å². The highest BCUT2D eigenvalue weighted by atomic mass is 35.5. The minimum Gasteiger partial charge on any atom is -0.259 e. The molecule has 0 aliphatic rings. The van der Waals surface area contributed by atoms with E-state index in [1.807, 2.05) is 12.1 Å². The van der Waals surface area contributed by atoms with E-state index in [-0.39, 0.29) is 33.1 Å². The van der Waals surface area contributed by atoms with Crippen molar-refractivity contribution in [2.75, 3.05) is 0 Å². The van der Waals surface area contributed by atoms with Crippen LogP contribution >= 0.6 is 23.2 Å². The lowest BCUT2D eigenvalue weighted by molar-refractivity contribution is -0.136. The maximum atomic E-state index is 14.6. The minimum absolute atomic E-state index is 0.113. The lowest BCUT2D eigenvalue weighted by Gasteiger charge is -2.11. The van der Waals surface area contributed by atoms with Gasteiger partial charge in [-0.15, -0.1) is 0 Å². The van der Waals surface area contributed by atoms with E-state index in [1.54, 1.807) is 24.3 Å². The average molecular weight is 547 g/mol. The van der Waals surface area contributed by atoms with E-state index in [0.29, 0.717) is 23.2 Å². The molecular weight excluding hydrogens is 530 g/mol. The van der Waals surface area contributed by atoms with Gasteiger partial charge >= 0.3 is 6.18 Å². The predicted octanol–water partition coefficient (Wildman–Crippen LogP) is 8.95. The smallest absolute Gasteiger partial charge is 0.259 e. The fourth-order valence-electron chi connectivity index (χ4n) is 4.32. The van der Waals surface area contributed by atoms with Gasteiger partial charge < -0.3 is 0 Å². The molecule has 0 radical (unpaired) electrons. The molecule has 0 aliphatic heterocycles. The molecule has 1 heterocycles. The first-order valence-electron chi connectivity index (χ1n) is 11.1. The highest BCUT2D eigenvalue weighted by molar-refractivity contribution is 6.31. The zero-order chi connectivity index (χ0) is 26.3. The Bertz CT molecular complexity index is 1630. The number of alkyl halides is 3. The van der Waals surface area contributed by atoms with Gasteiger partial charge in [0.2, 0.25) is 0 Å². The molecule has 0 unspecified atom stereocenters. The lowest BCUT2D eigenvalue weighted by Crippen LogP contribution is -2.07.